The first-order valence-corrected chi connectivity index (χ1v) is 11.9. The molecule has 0 aliphatic carbocycles. The van der Waals surface area contributed by atoms with Crippen molar-refractivity contribution >= 4 is 12.4 Å². The van der Waals surface area contributed by atoms with E-state index in [0.717, 1.165) is 28.5 Å². The molecule has 35 heavy (non-hydrogen) atoms. The second-order valence-electron chi connectivity index (χ2n) is 8.99. The first-order chi connectivity index (χ1) is 17.2. The minimum atomic E-state index is -0.970. The van der Waals surface area contributed by atoms with Gasteiger partial charge in [-0.2, -0.15) is 9.28 Å². The van der Waals surface area contributed by atoms with Crippen LogP contribution in [0.15, 0.2) is 121 Å². The van der Waals surface area contributed by atoms with Crippen LogP contribution in [0.2, 0.25) is 0 Å². The van der Waals surface area contributed by atoms with Crippen molar-refractivity contribution in [2.75, 3.05) is 0 Å². The summed E-state index contributed by atoms with van der Waals surface area (Å²) >= 11 is 0. The number of aldehydes is 1. The van der Waals surface area contributed by atoms with Crippen LogP contribution in [-0.4, -0.2) is 28.9 Å². The number of carbonyl (C=O) groups is 2. The van der Waals surface area contributed by atoms with E-state index in [0.29, 0.717) is 0 Å². The van der Waals surface area contributed by atoms with Crippen LogP contribution in [0.25, 0.3) is 0 Å². The maximum atomic E-state index is 14.2. The molecule has 5 rings (SSSR count). The summed E-state index contributed by atoms with van der Waals surface area (Å²) in [5, 5.41) is 0. The van der Waals surface area contributed by atoms with Crippen LogP contribution in [-0.2, 0) is 21.7 Å². The van der Waals surface area contributed by atoms with Gasteiger partial charge >= 0.3 is 6.09 Å². The van der Waals surface area contributed by atoms with E-state index in [9.17, 15) is 9.59 Å². The SMILES string of the molecule is C[C@H]1[C@H](C=O)[N+]1(C(=O)OCc1ccccc1)C(c1ccccc1)(c1ccccc1)c1ccccc1. The summed E-state index contributed by atoms with van der Waals surface area (Å²) in [6.07, 6.45) is 0.507. The number of amides is 1. The van der Waals surface area contributed by atoms with E-state index < -0.39 is 17.7 Å². The molecule has 3 atom stereocenters. The molecule has 1 amide bonds. The third-order valence-electron chi connectivity index (χ3n) is 7.29. The van der Waals surface area contributed by atoms with Gasteiger partial charge in [-0.1, -0.05) is 121 Å². The lowest BCUT2D eigenvalue weighted by Crippen LogP contribution is -2.56. The standard InChI is InChI=1S/C31H28NO3/c1-24-29(22-33)32(24,30(34)35-23-25-14-6-2-7-15-25)31(26-16-8-3-9-17-26,27-18-10-4-11-19-27)28-20-12-5-13-21-28/h2-22,24,29H,23H2,1H3/q+1/t24-,29-,32?/m0/s1. The molecule has 0 bridgehead atoms. The first-order valence-electron chi connectivity index (χ1n) is 11.9. The summed E-state index contributed by atoms with van der Waals surface area (Å²) < 4.78 is 5.85. The normalized spacial score (nSPS) is 21.2. The van der Waals surface area contributed by atoms with Crippen molar-refractivity contribution in [2.24, 2.45) is 0 Å². The second-order valence-corrected chi connectivity index (χ2v) is 8.99. The molecule has 1 aliphatic heterocycles. The molecule has 1 heterocycles. The van der Waals surface area contributed by atoms with Gasteiger partial charge in [0.2, 0.25) is 6.04 Å². The Hall–Kier alpha value is -4.02. The smallest absolute Gasteiger partial charge is 0.415 e. The summed E-state index contributed by atoms with van der Waals surface area (Å²) in [6, 6.07) is 38.8. The molecular weight excluding hydrogens is 434 g/mol. The molecule has 1 aliphatic rings. The van der Waals surface area contributed by atoms with E-state index in [1.165, 1.54) is 0 Å². The van der Waals surface area contributed by atoms with Crippen LogP contribution in [0.1, 0.15) is 29.2 Å². The highest BCUT2D eigenvalue weighted by atomic mass is 16.6. The van der Waals surface area contributed by atoms with Gasteiger partial charge in [-0.25, -0.2) is 0 Å². The van der Waals surface area contributed by atoms with E-state index >= 15 is 0 Å². The lowest BCUT2D eigenvalue weighted by atomic mass is 9.75. The molecule has 1 fully saturated rings. The lowest BCUT2D eigenvalue weighted by molar-refractivity contribution is -0.798. The maximum Gasteiger partial charge on any atom is 0.518 e. The monoisotopic (exact) mass is 462 g/mol. The maximum absolute atomic E-state index is 14.2. The Bertz CT molecular complexity index is 1200. The highest BCUT2D eigenvalue weighted by Gasteiger charge is 2.81. The number of benzene rings is 4. The molecule has 0 spiro atoms. The topological polar surface area (TPSA) is 43.4 Å². The van der Waals surface area contributed by atoms with Gasteiger partial charge in [0.1, 0.15) is 6.61 Å². The van der Waals surface area contributed by atoms with Crippen molar-refractivity contribution in [1.82, 2.24) is 0 Å². The number of hydrogen-bond acceptors (Lipinski definition) is 3. The Labute approximate surface area is 206 Å². The van der Waals surface area contributed by atoms with E-state index in [2.05, 4.69) is 0 Å². The number of nitrogens with zero attached hydrogens (tertiary/aromatic N) is 1. The van der Waals surface area contributed by atoms with Crippen LogP contribution >= 0.6 is 0 Å². The number of quaternary nitrogens is 1. The predicted octanol–water partition coefficient (Wildman–Crippen LogP) is 6.10. The van der Waals surface area contributed by atoms with Crippen LogP contribution in [0.3, 0.4) is 0 Å². The molecule has 174 valence electrons. The van der Waals surface area contributed by atoms with E-state index in [4.69, 9.17) is 4.74 Å². The fourth-order valence-electron chi connectivity index (χ4n) is 5.69. The summed E-state index contributed by atoms with van der Waals surface area (Å²) in [5.41, 5.74) is 2.74. The number of hydrogen-bond donors (Lipinski definition) is 0. The Morgan fingerprint density at radius 3 is 1.51 bits per heavy atom. The van der Waals surface area contributed by atoms with Gasteiger partial charge in [-0.05, 0) is 12.5 Å². The zero-order valence-corrected chi connectivity index (χ0v) is 19.7. The molecule has 4 heteroatoms. The van der Waals surface area contributed by atoms with Gasteiger partial charge in [0.25, 0.3) is 0 Å². The fraction of sp³-hybridized carbons (Fsp3) is 0.161. The van der Waals surface area contributed by atoms with Crippen LogP contribution < -0.4 is 0 Å². The van der Waals surface area contributed by atoms with Crippen LogP contribution in [0, 0.1) is 0 Å². The average molecular weight is 463 g/mol. The fourth-order valence-corrected chi connectivity index (χ4v) is 5.69. The molecule has 4 nitrogen and oxygen atoms in total. The number of ether oxygens (including phenoxy) is 1. The predicted molar refractivity (Wildman–Crippen MR) is 135 cm³/mol. The minimum Gasteiger partial charge on any atom is -0.415 e. The van der Waals surface area contributed by atoms with Gasteiger partial charge in [0, 0.05) is 16.7 Å². The molecule has 4 aromatic rings. The highest BCUT2D eigenvalue weighted by Crippen LogP contribution is 2.59. The Kier molecular flexibility index (Phi) is 6.06. The summed E-state index contributed by atoms with van der Waals surface area (Å²) in [7, 11) is 0. The molecule has 0 radical (unpaired) electrons. The average Bonchev–Trinajstić information content (AvgIpc) is 3.54. The summed E-state index contributed by atoms with van der Waals surface area (Å²) in [5.74, 6) is 0. The zero-order valence-electron chi connectivity index (χ0n) is 19.7. The Balaban J connectivity index is 1.77. The summed E-state index contributed by atoms with van der Waals surface area (Å²) in [4.78, 5) is 26.7. The van der Waals surface area contributed by atoms with Gasteiger partial charge in [-0.15, -0.1) is 0 Å². The Morgan fingerprint density at radius 1 is 0.743 bits per heavy atom. The second kappa shape index (κ2) is 9.32. The van der Waals surface area contributed by atoms with Crippen molar-refractivity contribution in [3.63, 3.8) is 0 Å². The van der Waals surface area contributed by atoms with Gasteiger partial charge < -0.3 is 4.74 Å². The van der Waals surface area contributed by atoms with E-state index in [1.807, 2.05) is 128 Å². The minimum absolute atomic E-state index is 0.145. The first kappa shape index (κ1) is 22.8. The van der Waals surface area contributed by atoms with Gasteiger partial charge in [0.05, 0.1) is 0 Å². The van der Waals surface area contributed by atoms with Crippen LogP contribution in [0.5, 0.6) is 0 Å². The highest BCUT2D eigenvalue weighted by molar-refractivity contribution is 5.74. The van der Waals surface area contributed by atoms with E-state index in [1.54, 1.807) is 0 Å². The van der Waals surface area contributed by atoms with Crippen LogP contribution in [0.4, 0.5) is 4.79 Å². The molecule has 4 aromatic carbocycles. The number of rotatable bonds is 7. The van der Waals surface area contributed by atoms with Gasteiger partial charge in [0.15, 0.2) is 17.9 Å². The third kappa shape index (κ3) is 3.49. The lowest BCUT2D eigenvalue weighted by Gasteiger charge is -2.41. The Morgan fingerprint density at radius 2 is 1.14 bits per heavy atom. The largest absolute Gasteiger partial charge is 0.518 e. The molecular formula is C31H28NO3+. The zero-order chi connectivity index (χ0) is 24.3. The van der Waals surface area contributed by atoms with Crippen molar-refractivity contribution < 1.29 is 18.8 Å². The molecule has 0 saturated carbocycles. The van der Waals surface area contributed by atoms with Gasteiger partial charge in [-0.3, -0.25) is 4.79 Å². The van der Waals surface area contributed by atoms with E-state index in [-0.39, 0.29) is 17.1 Å². The van der Waals surface area contributed by atoms with Crippen molar-refractivity contribution in [1.29, 1.82) is 0 Å². The summed E-state index contributed by atoms with van der Waals surface area (Å²) in [6.45, 7) is 2.11. The quantitative estimate of drug-likeness (QED) is 0.144. The molecule has 0 N–H and O–H groups in total. The number of carbonyl (C=O) groups excluding carboxylic acids is 2. The van der Waals surface area contributed by atoms with Crippen molar-refractivity contribution in [2.45, 2.75) is 31.2 Å². The molecule has 1 saturated heterocycles. The van der Waals surface area contributed by atoms with Crippen molar-refractivity contribution in [3.05, 3.63) is 144 Å². The molecule has 0 aromatic heterocycles. The van der Waals surface area contributed by atoms with Crippen molar-refractivity contribution in [3.8, 4) is 0 Å². The third-order valence-corrected chi connectivity index (χ3v) is 7.29. The molecule has 1 unspecified atom stereocenters.